The second-order valence-electron chi connectivity index (χ2n) is 4.20. The molecule has 0 heterocycles. The van der Waals surface area contributed by atoms with Crippen LogP contribution >= 0.6 is 0 Å². The SMILES string of the molecule is CNCCOCCOC(C)(C)CC(C)=O. The number of nitrogens with one attached hydrogen (secondary N) is 1. The Morgan fingerprint density at radius 2 is 1.93 bits per heavy atom. The highest BCUT2D eigenvalue weighted by atomic mass is 16.5. The van der Waals surface area contributed by atoms with Crippen LogP contribution in [0.25, 0.3) is 0 Å². The molecule has 0 aromatic heterocycles. The largest absolute Gasteiger partial charge is 0.378 e. The normalized spacial score (nSPS) is 11.7. The Kier molecular flexibility index (Phi) is 7.56. The topological polar surface area (TPSA) is 47.6 Å². The van der Waals surface area contributed by atoms with Gasteiger partial charge in [0.1, 0.15) is 5.78 Å². The van der Waals surface area contributed by atoms with Crippen molar-refractivity contribution >= 4 is 5.78 Å². The molecule has 0 aliphatic heterocycles. The summed E-state index contributed by atoms with van der Waals surface area (Å²) in [6.45, 7) is 8.05. The molecule has 0 aliphatic rings. The molecule has 4 nitrogen and oxygen atoms in total. The Bertz CT molecular complexity index is 181. The van der Waals surface area contributed by atoms with Crippen LogP contribution in [0.2, 0.25) is 0 Å². The van der Waals surface area contributed by atoms with E-state index in [1.807, 2.05) is 20.9 Å². The van der Waals surface area contributed by atoms with Crippen LogP contribution in [0.1, 0.15) is 27.2 Å². The van der Waals surface area contributed by atoms with Gasteiger partial charge in [-0.2, -0.15) is 0 Å². The molecule has 0 aromatic carbocycles. The van der Waals surface area contributed by atoms with Crippen LogP contribution in [-0.2, 0) is 14.3 Å². The predicted molar refractivity (Wildman–Crippen MR) is 60.1 cm³/mol. The molecule has 1 N–H and O–H groups in total. The summed E-state index contributed by atoms with van der Waals surface area (Å²) in [6.07, 6.45) is 0.448. The number of hydrogen-bond acceptors (Lipinski definition) is 4. The minimum Gasteiger partial charge on any atom is -0.378 e. The van der Waals surface area contributed by atoms with Crippen LogP contribution < -0.4 is 5.32 Å². The number of Topliss-reactive ketones (excluding diaryl/α,β-unsaturated/α-hetero) is 1. The molecule has 0 saturated carbocycles. The zero-order valence-corrected chi connectivity index (χ0v) is 10.3. The van der Waals surface area contributed by atoms with Crippen molar-refractivity contribution in [2.45, 2.75) is 32.8 Å². The van der Waals surface area contributed by atoms with Crippen LogP contribution in [0.3, 0.4) is 0 Å². The van der Waals surface area contributed by atoms with E-state index in [1.165, 1.54) is 0 Å². The molecular weight excluding hydrogens is 194 g/mol. The summed E-state index contributed by atoms with van der Waals surface area (Å²) in [7, 11) is 1.88. The molecule has 4 heteroatoms. The maximum absolute atomic E-state index is 10.9. The number of ketones is 1. The van der Waals surface area contributed by atoms with Crippen molar-refractivity contribution in [3.63, 3.8) is 0 Å². The van der Waals surface area contributed by atoms with E-state index in [0.717, 1.165) is 6.54 Å². The van der Waals surface area contributed by atoms with Crippen LogP contribution in [0.4, 0.5) is 0 Å². The molecule has 0 fully saturated rings. The maximum Gasteiger partial charge on any atom is 0.132 e. The molecule has 0 amide bonds. The second-order valence-corrected chi connectivity index (χ2v) is 4.20. The van der Waals surface area contributed by atoms with Crippen molar-refractivity contribution in [3.05, 3.63) is 0 Å². The lowest BCUT2D eigenvalue weighted by Gasteiger charge is -2.23. The minimum absolute atomic E-state index is 0.149. The quantitative estimate of drug-likeness (QED) is 0.585. The average molecular weight is 217 g/mol. The van der Waals surface area contributed by atoms with Crippen LogP contribution in [0.5, 0.6) is 0 Å². The molecule has 0 aromatic rings. The lowest BCUT2D eigenvalue weighted by molar-refractivity contribution is -0.124. The lowest BCUT2D eigenvalue weighted by atomic mass is 10.0. The number of likely N-dealkylation sites (N-methyl/N-ethyl adjacent to an activating group) is 1. The molecule has 0 unspecified atom stereocenters. The van der Waals surface area contributed by atoms with E-state index in [9.17, 15) is 4.79 Å². The van der Waals surface area contributed by atoms with Crippen LogP contribution in [0.15, 0.2) is 0 Å². The minimum atomic E-state index is -0.377. The number of rotatable bonds is 9. The number of carbonyl (C=O) groups is 1. The molecule has 90 valence electrons. The Morgan fingerprint density at radius 3 is 2.47 bits per heavy atom. The Labute approximate surface area is 92.3 Å². The Balaban J connectivity index is 3.44. The van der Waals surface area contributed by atoms with E-state index >= 15 is 0 Å². The van der Waals surface area contributed by atoms with Gasteiger partial charge in [-0.15, -0.1) is 0 Å². The van der Waals surface area contributed by atoms with Crippen molar-refractivity contribution in [2.75, 3.05) is 33.4 Å². The van der Waals surface area contributed by atoms with Gasteiger partial charge in [-0.3, -0.25) is 4.79 Å². The average Bonchev–Trinajstić information content (AvgIpc) is 2.08. The highest BCUT2D eigenvalue weighted by Gasteiger charge is 2.20. The third-order valence-electron chi connectivity index (χ3n) is 1.89. The molecule has 0 bridgehead atoms. The lowest BCUT2D eigenvalue weighted by Crippen LogP contribution is -2.29. The highest BCUT2D eigenvalue weighted by Crippen LogP contribution is 2.14. The number of ether oxygens (including phenoxy) is 2. The Hall–Kier alpha value is -0.450. The summed E-state index contributed by atoms with van der Waals surface area (Å²) in [5, 5.41) is 2.99. The van der Waals surface area contributed by atoms with Gasteiger partial charge < -0.3 is 14.8 Å². The molecule has 0 aliphatic carbocycles. The summed E-state index contributed by atoms with van der Waals surface area (Å²) >= 11 is 0. The standard InChI is InChI=1S/C11H23NO3/c1-10(13)9-11(2,3)15-8-7-14-6-5-12-4/h12H,5-9H2,1-4H3. The van der Waals surface area contributed by atoms with Gasteiger partial charge in [0.2, 0.25) is 0 Å². The molecule has 0 radical (unpaired) electrons. The molecular formula is C11H23NO3. The first-order valence-electron chi connectivity index (χ1n) is 5.33. The van der Waals surface area contributed by atoms with Gasteiger partial charge in [0.15, 0.2) is 0 Å². The highest BCUT2D eigenvalue weighted by molar-refractivity contribution is 5.76. The number of hydrogen-bond donors (Lipinski definition) is 1. The zero-order valence-electron chi connectivity index (χ0n) is 10.3. The monoisotopic (exact) mass is 217 g/mol. The van der Waals surface area contributed by atoms with E-state index in [-0.39, 0.29) is 11.4 Å². The molecule has 0 atom stereocenters. The molecule has 0 rings (SSSR count). The van der Waals surface area contributed by atoms with Gasteiger partial charge >= 0.3 is 0 Å². The smallest absolute Gasteiger partial charge is 0.132 e. The van der Waals surface area contributed by atoms with E-state index in [0.29, 0.717) is 26.2 Å². The summed E-state index contributed by atoms with van der Waals surface area (Å²) in [5.41, 5.74) is -0.377. The zero-order chi connectivity index (χ0) is 11.7. The first-order chi connectivity index (χ1) is 6.98. The number of carbonyl (C=O) groups excluding carboxylic acids is 1. The first kappa shape index (κ1) is 14.6. The van der Waals surface area contributed by atoms with Crippen LogP contribution in [-0.4, -0.2) is 44.8 Å². The molecule has 15 heavy (non-hydrogen) atoms. The van der Waals surface area contributed by atoms with Gasteiger partial charge in [0.25, 0.3) is 0 Å². The predicted octanol–water partition coefficient (Wildman–Crippen LogP) is 0.997. The van der Waals surface area contributed by atoms with Crippen LogP contribution in [0, 0.1) is 0 Å². The van der Waals surface area contributed by atoms with Crippen molar-refractivity contribution in [1.29, 1.82) is 0 Å². The first-order valence-corrected chi connectivity index (χ1v) is 5.33. The third kappa shape index (κ3) is 9.85. The summed E-state index contributed by atoms with van der Waals surface area (Å²) in [4.78, 5) is 10.9. The molecule has 0 saturated heterocycles. The van der Waals surface area contributed by atoms with Gasteiger partial charge in [-0.05, 0) is 27.8 Å². The third-order valence-corrected chi connectivity index (χ3v) is 1.89. The molecule has 0 spiro atoms. The second kappa shape index (κ2) is 7.79. The van der Waals surface area contributed by atoms with E-state index < -0.39 is 0 Å². The summed E-state index contributed by atoms with van der Waals surface area (Å²) in [5.74, 6) is 0.149. The van der Waals surface area contributed by atoms with Crippen molar-refractivity contribution in [1.82, 2.24) is 5.32 Å². The summed E-state index contributed by atoms with van der Waals surface area (Å²) in [6, 6.07) is 0. The van der Waals surface area contributed by atoms with E-state index in [4.69, 9.17) is 9.47 Å². The van der Waals surface area contributed by atoms with E-state index in [1.54, 1.807) is 6.92 Å². The van der Waals surface area contributed by atoms with Crippen molar-refractivity contribution < 1.29 is 14.3 Å². The maximum atomic E-state index is 10.9. The fourth-order valence-electron chi connectivity index (χ4n) is 1.30. The fourth-order valence-corrected chi connectivity index (χ4v) is 1.30. The van der Waals surface area contributed by atoms with E-state index in [2.05, 4.69) is 5.32 Å². The van der Waals surface area contributed by atoms with Crippen molar-refractivity contribution in [2.24, 2.45) is 0 Å². The van der Waals surface area contributed by atoms with Gasteiger partial charge in [0, 0.05) is 13.0 Å². The Morgan fingerprint density at radius 1 is 1.27 bits per heavy atom. The fraction of sp³-hybridized carbons (Fsp3) is 0.909. The summed E-state index contributed by atoms with van der Waals surface area (Å²) < 4.78 is 10.9. The van der Waals surface area contributed by atoms with Gasteiger partial charge in [-0.1, -0.05) is 0 Å². The van der Waals surface area contributed by atoms with Crippen molar-refractivity contribution in [3.8, 4) is 0 Å². The van der Waals surface area contributed by atoms with Gasteiger partial charge in [0.05, 0.1) is 25.4 Å². The van der Waals surface area contributed by atoms with Gasteiger partial charge in [-0.25, -0.2) is 0 Å².